The first-order chi connectivity index (χ1) is 9.85. The van der Waals surface area contributed by atoms with Crippen molar-refractivity contribution in [3.8, 4) is 0 Å². The maximum atomic E-state index is 11.9. The lowest BCUT2D eigenvalue weighted by atomic mass is 10.2. The van der Waals surface area contributed by atoms with Crippen LogP contribution in [0.2, 0.25) is 0 Å². The second-order valence-electron chi connectivity index (χ2n) is 4.05. The van der Waals surface area contributed by atoms with Crippen molar-refractivity contribution in [3.63, 3.8) is 0 Å². The Morgan fingerprint density at radius 1 is 1.24 bits per heavy atom. The first-order valence-electron chi connectivity index (χ1n) is 5.97. The Bertz CT molecular complexity index is 447. The molecular formula is C13H16F3NO3S. The molecule has 0 saturated heterocycles. The molecule has 0 aliphatic rings. The molecule has 4 nitrogen and oxygen atoms in total. The van der Waals surface area contributed by atoms with Crippen LogP contribution in [0.25, 0.3) is 0 Å². The number of hydrogen-bond acceptors (Lipinski definition) is 4. The molecular weight excluding hydrogens is 307 g/mol. The summed E-state index contributed by atoms with van der Waals surface area (Å²) < 4.78 is 45.9. The van der Waals surface area contributed by atoms with Crippen LogP contribution in [0, 0.1) is 0 Å². The topological polar surface area (TPSA) is 47.6 Å². The number of ether oxygens (including phenoxy) is 2. The highest BCUT2D eigenvalue weighted by molar-refractivity contribution is 8.00. The van der Waals surface area contributed by atoms with E-state index < -0.39 is 24.9 Å². The molecule has 118 valence electrons. The Morgan fingerprint density at radius 3 is 2.29 bits per heavy atom. The molecule has 1 aromatic rings. The quantitative estimate of drug-likeness (QED) is 0.619. The first-order valence-corrected chi connectivity index (χ1v) is 6.96. The highest BCUT2D eigenvalue weighted by Crippen LogP contribution is 2.23. The number of thioether (sulfide) groups is 1. The predicted molar refractivity (Wildman–Crippen MR) is 73.0 cm³/mol. The van der Waals surface area contributed by atoms with E-state index in [1.807, 2.05) is 5.32 Å². The molecule has 0 spiro atoms. The van der Waals surface area contributed by atoms with Gasteiger partial charge in [0.15, 0.2) is 6.29 Å². The van der Waals surface area contributed by atoms with Crippen LogP contribution in [0.15, 0.2) is 29.2 Å². The van der Waals surface area contributed by atoms with Crippen LogP contribution in [0.5, 0.6) is 0 Å². The van der Waals surface area contributed by atoms with Gasteiger partial charge in [0.05, 0.1) is 5.75 Å². The summed E-state index contributed by atoms with van der Waals surface area (Å²) in [6, 6.07) is 7.05. The number of benzene rings is 1. The molecule has 0 heterocycles. The van der Waals surface area contributed by atoms with E-state index >= 15 is 0 Å². The fraction of sp³-hybridized carbons (Fsp3) is 0.462. The van der Waals surface area contributed by atoms with Crippen LogP contribution < -0.4 is 5.32 Å². The molecule has 0 unspecified atom stereocenters. The molecule has 0 fully saturated rings. The van der Waals surface area contributed by atoms with E-state index in [2.05, 4.69) is 0 Å². The number of methoxy groups -OCH3 is 2. The van der Waals surface area contributed by atoms with E-state index in [1.165, 1.54) is 14.2 Å². The number of carbonyl (C=O) groups excluding carboxylic acids is 1. The molecule has 1 N–H and O–H groups in total. The zero-order valence-electron chi connectivity index (χ0n) is 11.6. The van der Waals surface area contributed by atoms with Gasteiger partial charge < -0.3 is 14.8 Å². The number of hydrogen-bond donors (Lipinski definition) is 1. The molecule has 0 aromatic heterocycles. The van der Waals surface area contributed by atoms with E-state index in [0.717, 1.165) is 22.2 Å². The van der Waals surface area contributed by atoms with E-state index in [-0.39, 0.29) is 5.75 Å². The van der Waals surface area contributed by atoms with Crippen LogP contribution in [0.3, 0.4) is 0 Å². The van der Waals surface area contributed by atoms with Crippen molar-refractivity contribution in [2.75, 3.05) is 26.5 Å². The highest BCUT2D eigenvalue weighted by atomic mass is 32.2. The van der Waals surface area contributed by atoms with Crippen molar-refractivity contribution in [1.82, 2.24) is 5.32 Å². The molecule has 21 heavy (non-hydrogen) atoms. The summed E-state index contributed by atoms with van der Waals surface area (Å²) in [5.74, 6) is -0.735. The lowest BCUT2D eigenvalue weighted by Gasteiger charge is -2.13. The lowest BCUT2D eigenvalue weighted by Crippen LogP contribution is -2.34. The van der Waals surface area contributed by atoms with Crippen molar-refractivity contribution in [3.05, 3.63) is 29.8 Å². The van der Waals surface area contributed by atoms with Crippen molar-refractivity contribution >= 4 is 17.7 Å². The summed E-state index contributed by atoms with van der Waals surface area (Å²) in [7, 11) is 3.03. The fourth-order valence-corrected chi connectivity index (χ4v) is 2.22. The average Bonchev–Trinajstić information content (AvgIpc) is 2.45. The SMILES string of the molecule is COC(OC)c1ccc(SCC(=O)NCC(F)(F)F)cc1. The number of halogens is 3. The Labute approximate surface area is 125 Å². The Kier molecular flexibility index (Phi) is 7.00. The van der Waals surface area contributed by atoms with E-state index in [9.17, 15) is 18.0 Å². The van der Waals surface area contributed by atoms with Crippen LogP contribution in [0.4, 0.5) is 13.2 Å². The maximum Gasteiger partial charge on any atom is 0.405 e. The standard InChI is InChI=1S/C13H16F3NO3S/c1-19-12(20-2)9-3-5-10(6-4-9)21-7-11(18)17-8-13(14,15)16/h3-6,12H,7-8H2,1-2H3,(H,17,18). The summed E-state index contributed by atoms with van der Waals surface area (Å²) in [5, 5.41) is 1.82. The van der Waals surface area contributed by atoms with Gasteiger partial charge in [0.25, 0.3) is 0 Å². The third kappa shape index (κ3) is 6.83. The van der Waals surface area contributed by atoms with Gasteiger partial charge >= 0.3 is 6.18 Å². The van der Waals surface area contributed by atoms with Gasteiger partial charge in [-0.1, -0.05) is 12.1 Å². The van der Waals surface area contributed by atoms with E-state index in [1.54, 1.807) is 24.3 Å². The molecule has 1 amide bonds. The number of rotatable bonds is 7. The minimum atomic E-state index is -4.39. The molecule has 0 radical (unpaired) electrons. The minimum absolute atomic E-state index is 0.0760. The summed E-state index contributed by atoms with van der Waals surface area (Å²) >= 11 is 1.15. The minimum Gasteiger partial charge on any atom is -0.352 e. The molecule has 0 aliphatic heterocycles. The maximum absolute atomic E-state index is 11.9. The van der Waals surface area contributed by atoms with Gasteiger partial charge in [-0.15, -0.1) is 11.8 Å². The molecule has 1 rings (SSSR count). The number of nitrogens with one attached hydrogen (secondary N) is 1. The van der Waals surface area contributed by atoms with Crippen LogP contribution in [-0.4, -0.2) is 38.6 Å². The largest absolute Gasteiger partial charge is 0.405 e. The zero-order chi connectivity index (χ0) is 15.9. The van der Waals surface area contributed by atoms with Crippen LogP contribution in [-0.2, 0) is 14.3 Å². The fourth-order valence-electron chi connectivity index (χ4n) is 1.49. The predicted octanol–water partition coefficient (Wildman–Crippen LogP) is 2.75. The van der Waals surface area contributed by atoms with Crippen LogP contribution in [0.1, 0.15) is 11.9 Å². The summed E-state index contributed by atoms with van der Waals surface area (Å²) in [4.78, 5) is 12.0. The summed E-state index contributed by atoms with van der Waals surface area (Å²) in [6.07, 6.45) is -4.86. The van der Waals surface area contributed by atoms with Gasteiger partial charge in [-0.3, -0.25) is 4.79 Å². The lowest BCUT2D eigenvalue weighted by molar-refractivity contribution is -0.136. The number of alkyl halides is 3. The Hall–Kier alpha value is -1.25. The molecule has 0 saturated carbocycles. The number of amides is 1. The van der Waals surface area contributed by atoms with Crippen molar-refractivity contribution in [2.45, 2.75) is 17.4 Å². The second kappa shape index (κ2) is 8.26. The molecule has 0 aliphatic carbocycles. The van der Waals surface area contributed by atoms with Crippen LogP contribution >= 0.6 is 11.8 Å². The third-order valence-corrected chi connectivity index (χ3v) is 3.45. The average molecular weight is 323 g/mol. The molecule has 0 atom stereocenters. The molecule has 8 heteroatoms. The zero-order valence-corrected chi connectivity index (χ0v) is 12.4. The highest BCUT2D eigenvalue weighted by Gasteiger charge is 2.27. The third-order valence-electron chi connectivity index (χ3n) is 2.44. The van der Waals surface area contributed by atoms with Gasteiger partial charge in [0, 0.05) is 24.7 Å². The monoisotopic (exact) mass is 323 g/mol. The molecule has 1 aromatic carbocycles. The molecule has 0 bridgehead atoms. The van der Waals surface area contributed by atoms with Gasteiger partial charge in [0.1, 0.15) is 6.54 Å². The van der Waals surface area contributed by atoms with Gasteiger partial charge in [0.2, 0.25) is 5.91 Å². The van der Waals surface area contributed by atoms with E-state index in [4.69, 9.17) is 9.47 Å². The van der Waals surface area contributed by atoms with Crippen molar-refractivity contribution < 1.29 is 27.4 Å². The summed E-state index contributed by atoms with van der Waals surface area (Å²) in [5.41, 5.74) is 0.811. The number of carbonyl (C=O) groups is 1. The first kappa shape index (κ1) is 17.8. The Morgan fingerprint density at radius 2 is 1.81 bits per heavy atom. The van der Waals surface area contributed by atoms with Crippen molar-refractivity contribution in [2.24, 2.45) is 0 Å². The Balaban J connectivity index is 2.44. The smallest absolute Gasteiger partial charge is 0.352 e. The van der Waals surface area contributed by atoms with Gasteiger partial charge in [-0.05, 0) is 12.1 Å². The second-order valence-corrected chi connectivity index (χ2v) is 5.10. The van der Waals surface area contributed by atoms with Gasteiger partial charge in [-0.25, -0.2) is 0 Å². The van der Waals surface area contributed by atoms with E-state index in [0.29, 0.717) is 0 Å². The summed E-state index contributed by atoms with van der Waals surface area (Å²) in [6.45, 7) is -1.31. The van der Waals surface area contributed by atoms with Crippen molar-refractivity contribution in [1.29, 1.82) is 0 Å². The normalized spacial score (nSPS) is 11.7. The van der Waals surface area contributed by atoms with Gasteiger partial charge in [-0.2, -0.15) is 13.2 Å².